The van der Waals surface area contributed by atoms with Crippen molar-refractivity contribution in [3.05, 3.63) is 0 Å². The number of aliphatic hydroxyl groups is 1. The number of urea groups is 1. The lowest BCUT2D eigenvalue weighted by atomic mass is 9.93. The standard InChI is InChI=1S/C11H20N2O4/c1-2-13(7-10(15)16)11(17)12-8-3-5-9(14)6-4-8/h8-9,14H,2-7H2,1H3,(H,12,17)(H,15,16). The number of carbonyl (C=O) groups is 2. The molecule has 1 fully saturated rings. The molecule has 0 bridgehead atoms. The van der Waals surface area contributed by atoms with E-state index in [4.69, 9.17) is 5.11 Å². The zero-order valence-electron chi connectivity index (χ0n) is 10.1. The Kier molecular flexibility index (Phi) is 5.21. The second-order valence-electron chi connectivity index (χ2n) is 4.36. The molecule has 3 N–H and O–H groups in total. The molecule has 17 heavy (non-hydrogen) atoms. The number of carbonyl (C=O) groups excluding carboxylic acids is 1. The van der Waals surface area contributed by atoms with Crippen LogP contribution in [0, 0.1) is 0 Å². The fourth-order valence-electron chi connectivity index (χ4n) is 1.98. The fourth-order valence-corrected chi connectivity index (χ4v) is 1.98. The minimum Gasteiger partial charge on any atom is -0.480 e. The van der Waals surface area contributed by atoms with Gasteiger partial charge in [0.2, 0.25) is 0 Å². The summed E-state index contributed by atoms with van der Waals surface area (Å²) in [6.07, 6.45) is 2.62. The smallest absolute Gasteiger partial charge is 0.323 e. The number of nitrogens with one attached hydrogen (secondary N) is 1. The summed E-state index contributed by atoms with van der Waals surface area (Å²) in [6, 6.07) is -0.287. The topological polar surface area (TPSA) is 89.9 Å². The number of amides is 2. The number of nitrogens with zero attached hydrogens (tertiary/aromatic N) is 1. The van der Waals surface area contributed by atoms with E-state index in [2.05, 4.69) is 5.32 Å². The second kappa shape index (κ2) is 6.44. The first-order valence-corrected chi connectivity index (χ1v) is 5.98. The summed E-state index contributed by atoms with van der Waals surface area (Å²) in [5, 5.41) is 20.8. The lowest BCUT2D eigenvalue weighted by Crippen LogP contribution is -2.47. The third-order valence-corrected chi connectivity index (χ3v) is 3.02. The van der Waals surface area contributed by atoms with Crippen LogP contribution in [-0.2, 0) is 4.79 Å². The van der Waals surface area contributed by atoms with E-state index in [1.54, 1.807) is 6.92 Å². The maximum atomic E-state index is 11.7. The molecule has 6 nitrogen and oxygen atoms in total. The highest BCUT2D eigenvalue weighted by atomic mass is 16.4. The second-order valence-corrected chi connectivity index (χ2v) is 4.36. The third-order valence-electron chi connectivity index (χ3n) is 3.02. The first-order valence-electron chi connectivity index (χ1n) is 5.98. The Morgan fingerprint density at radius 2 is 1.88 bits per heavy atom. The predicted octanol–water partition coefficient (Wildman–Crippen LogP) is 0.406. The van der Waals surface area contributed by atoms with E-state index < -0.39 is 5.97 Å². The average molecular weight is 244 g/mol. The van der Waals surface area contributed by atoms with Gasteiger partial charge in [-0.25, -0.2) is 4.79 Å². The highest BCUT2D eigenvalue weighted by Gasteiger charge is 2.23. The third kappa shape index (κ3) is 4.60. The maximum Gasteiger partial charge on any atom is 0.323 e. The van der Waals surface area contributed by atoms with E-state index in [-0.39, 0.29) is 24.7 Å². The van der Waals surface area contributed by atoms with Crippen molar-refractivity contribution in [1.29, 1.82) is 0 Å². The van der Waals surface area contributed by atoms with Crippen LogP contribution in [0.15, 0.2) is 0 Å². The maximum absolute atomic E-state index is 11.7. The average Bonchev–Trinajstić information content (AvgIpc) is 2.28. The predicted molar refractivity (Wildman–Crippen MR) is 61.7 cm³/mol. The van der Waals surface area contributed by atoms with Gasteiger partial charge >= 0.3 is 12.0 Å². The molecular formula is C11H20N2O4. The van der Waals surface area contributed by atoms with E-state index in [0.29, 0.717) is 19.4 Å². The van der Waals surface area contributed by atoms with Gasteiger partial charge in [-0.05, 0) is 32.6 Å². The molecule has 0 radical (unpaired) electrons. The van der Waals surface area contributed by atoms with Gasteiger partial charge in [0.1, 0.15) is 6.54 Å². The molecule has 6 heteroatoms. The van der Waals surface area contributed by atoms with Gasteiger partial charge in [0.15, 0.2) is 0 Å². The van der Waals surface area contributed by atoms with Crippen molar-refractivity contribution in [2.45, 2.75) is 44.8 Å². The minimum absolute atomic E-state index is 0.0498. The first-order chi connectivity index (χ1) is 8.02. The molecular weight excluding hydrogens is 224 g/mol. The van der Waals surface area contributed by atoms with Crippen molar-refractivity contribution in [2.24, 2.45) is 0 Å². The fraction of sp³-hybridized carbons (Fsp3) is 0.818. The molecule has 0 spiro atoms. The van der Waals surface area contributed by atoms with Crippen molar-refractivity contribution in [3.63, 3.8) is 0 Å². The lowest BCUT2D eigenvalue weighted by molar-refractivity contribution is -0.137. The molecule has 2 amide bonds. The summed E-state index contributed by atoms with van der Waals surface area (Å²) in [7, 11) is 0. The number of aliphatic carboxylic acids is 1. The quantitative estimate of drug-likeness (QED) is 0.668. The largest absolute Gasteiger partial charge is 0.480 e. The molecule has 1 rings (SSSR count). The van der Waals surface area contributed by atoms with Crippen molar-refractivity contribution < 1.29 is 19.8 Å². The summed E-state index contributed by atoms with van der Waals surface area (Å²) in [6.45, 7) is 1.83. The molecule has 0 unspecified atom stereocenters. The summed E-state index contributed by atoms with van der Waals surface area (Å²) >= 11 is 0. The summed E-state index contributed by atoms with van der Waals surface area (Å²) < 4.78 is 0. The van der Waals surface area contributed by atoms with Crippen LogP contribution in [0.2, 0.25) is 0 Å². The summed E-state index contributed by atoms with van der Waals surface area (Å²) in [5.74, 6) is -1.01. The van der Waals surface area contributed by atoms with E-state index in [9.17, 15) is 14.7 Å². The van der Waals surface area contributed by atoms with Crippen LogP contribution in [0.4, 0.5) is 4.79 Å². The van der Waals surface area contributed by atoms with Gasteiger partial charge in [-0.15, -0.1) is 0 Å². The highest BCUT2D eigenvalue weighted by Crippen LogP contribution is 2.18. The van der Waals surface area contributed by atoms with E-state index >= 15 is 0 Å². The van der Waals surface area contributed by atoms with Gasteiger partial charge in [0, 0.05) is 12.6 Å². The zero-order chi connectivity index (χ0) is 12.8. The lowest BCUT2D eigenvalue weighted by Gasteiger charge is -2.28. The van der Waals surface area contributed by atoms with Crippen molar-refractivity contribution in [1.82, 2.24) is 10.2 Å². The Bertz CT molecular complexity index is 275. The molecule has 0 aromatic heterocycles. The Morgan fingerprint density at radius 1 is 1.29 bits per heavy atom. The molecule has 1 aliphatic carbocycles. The minimum atomic E-state index is -1.01. The molecule has 1 aliphatic rings. The Hall–Kier alpha value is -1.30. The van der Waals surface area contributed by atoms with Crippen LogP contribution >= 0.6 is 0 Å². The number of hydrogen-bond acceptors (Lipinski definition) is 3. The van der Waals surface area contributed by atoms with Gasteiger partial charge in [-0.2, -0.15) is 0 Å². The van der Waals surface area contributed by atoms with Gasteiger partial charge < -0.3 is 20.4 Å². The number of rotatable bonds is 4. The van der Waals surface area contributed by atoms with E-state index in [1.165, 1.54) is 4.90 Å². The van der Waals surface area contributed by atoms with Crippen LogP contribution in [-0.4, -0.2) is 52.3 Å². The Labute approximate surface area is 101 Å². The number of carboxylic acid groups (broad SMARTS) is 1. The normalized spacial score (nSPS) is 24.1. The number of hydrogen-bond donors (Lipinski definition) is 3. The Morgan fingerprint density at radius 3 is 2.35 bits per heavy atom. The number of likely N-dealkylation sites (N-methyl/N-ethyl adjacent to an activating group) is 1. The van der Waals surface area contributed by atoms with Crippen LogP contribution < -0.4 is 5.32 Å². The van der Waals surface area contributed by atoms with E-state index in [0.717, 1.165) is 12.8 Å². The molecule has 0 saturated heterocycles. The van der Waals surface area contributed by atoms with E-state index in [1.807, 2.05) is 0 Å². The SMILES string of the molecule is CCN(CC(=O)O)C(=O)NC1CCC(O)CC1. The molecule has 0 heterocycles. The monoisotopic (exact) mass is 244 g/mol. The van der Waals surface area contributed by atoms with Gasteiger partial charge in [0.05, 0.1) is 6.10 Å². The van der Waals surface area contributed by atoms with Gasteiger partial charge in [-0.3, -0.25) is 4.79 Å². The molecule has 1 saturated carbocycles. The van der Waals surface area contributed by atoms with Gasteiger partial charge in [0.25, 0.3) is 0 Å². The van der Waals surface area contributed by atoms with Crippen LogP contribution in [0.5, 0.6) is 0 Å². The number of carboxylic acids is 1. The van der Waals surface area contributed by atoms with Gasteiger partial charge in [-0.1, -0.05) is 0 Å². The summed E-state index contributed by atoms with van der Waals surface area (Å²) in [5.41, 5.74) is 0. The van der Waals surface area contributed by atoms with Crippen molar-refractivity contribution >= 4 is 12.0 Å². The van der Waals surface area contributed by atoms with Crippen LogP contribution in [0.1, 0.15) is 32.6 Å². The molecule has 98 valence electrons. The zero-order valence-corrected chi connectivity index (χ0v) is 10.1. The van der Waals surface area contributed by atoms with Crippen molar-refractivity contribution in [2.75, 3.05) is 13.1 Å². The highest BCUT2D eigenvalue weighted by molar-refractivity contribution is 5.80. The van der Waals surface area contributed by atoms with Crippen LogP contribution in [0.25, 0.3) is 0 Å². The molecule has 0 aromatic carbocycles. The molecule has 0 aliphatic heterocycles. The Balaban J connectivity index is 2.38. The first kappa shape index (κ1) is 13.8. The molecule has 0 atom stereocenters. The number of aliphatic hydroxyl groups excluding tert-OH is 1. The summed E-state index contributed by atoms with van der Waals surface area (Å²) in [4.78, 5) is 23.6. The van der Waals surface area contributed by atoms with Crippen molar-refractivity contribution in [3.8, 4) is 0 Å². The molecule has 0 aromatic rings. The van der Waals surface area contributed by atoms with Crippen LogP contribution in [0.3, 0.4) is 0 Å².